The van der Waals surface area contributed by atoms with Gasteiger partial charge in [-0.2, -0.15) is 0 Å². The molecule has 0 aliphatic carbocycles. The summed E-state index contributed by atoms with van der Waals surface area (Å²) >= 11 is 0. The Bertz CT molecular complexity index is 693. The molecule has 3 rings (SSSR count). The van der Waals surface area contributed by atoms with E-state index in [1.807, 2.05) is 0 Å². The molecule has 6 nitrogen and oxygen atoms in total. The summed E-state index contributed by atoms with van der Waals surface area (Å²) < 4.78 is 34.5. The number of carbonyl (C=O) groups is 2. The topological polar surface area (TPSA) is 79.5 Å². The molecule has 3 N–H and O–H groups in total. The van der Waals surface area contributed by atoms with Crippen molar-refractivity contribution in [2.24, 2.45) is 0 Å². The molecule has 8 heteroatoms. The fourth-order valence-corrected chi connectivity index (χ4v) is 3.45. The van der Waals surface area contributed by atoms with Gasteiger partial charge < -0.3 is 20.7 Å². The van der Waals surface area contributed by atoms with Gasteiger partial charge in [-0.25, -0.2) is 13.6 Å². The second kappa shape index (κ2) is 7.99. The SMILES string of the molecule is CCc1c(F)ccc(C(NC(=O)C2CNC(=O)N2)C2CCCCO2)c1F. The molecular weight excluding hydrogens is 344 g/mol. The molecule has 3 unspecified atom stereocenters. The summed E-state index contributed by atoms with van der Waals surface area (Å²) in [5.41, 5.74) is 0.203. The van der Waals surface area contributed by atoms with E-state index in [1.165, 1.54) is 12.1 Å². The van der Waals surface area contributed by atoms with Gasteiger partial charge in [-0.15, -0.1) is 0 Å². The predicted molar refractivity (Wildman–Crippen MR) is 90.5 cm³/mol. The molecule has 2 aliphatic rings. The van der Waals surface area contributed by atoms with Crippen molar-refractivity contribution in [2.45, 2.75) is 50.8 Å². The number of hydrogen-bond donors (Lipinski definition) is 3. The minimum absolute atomic E-state index is 0.00612. The van der Waals surface area contributed by atoms with Crippen molar-refractivity contribution in [2.75, 3.05) is 13.2 Å². The molecule has 2 fully saturated rings. The third-order valence-corrected chi connectivity index (χ3v) is 4.88. The summed E-state index contributed by atoms with van der Waals surface area (Å²) in [5.74, 6) is -1.68. The zero-order valence-corrected chi connectivity index (χ0v) is 14.6. The quantitative estimate of drug-likeness (QED) is 0.744. The standard InChI is InChI=1S/C18H23F2N3O3/c1-2-10-12(19)7-6-11(15(10)20)16(14-5-3-4-8-26-14)23-17(24)13-9-21-18(25)22-13/h6-7,13-14,16H,2-5,8-9H2,1H3,(H,23,24)(H2,21,22,25). The van der Waals surface area contributed by atoms with E-state index in [0.717, 1.165) is 12.8 Å². The van der Waals surface area contributed by atoms with Crippen LogP contribution in [0.2, 0.25) is 0 Å². The van der Waals surface area contributed by atoms with Gasteiger partial charge in [0.2, 0.25) is 5.91 Å². The van der Waals surface area contributed by atoms with Crippen molar-refractivity contribution in [3.63, 3.8) is 0 Å². The fraction of sp³-hybridized carbons (Fsp3) is 0.556. The van der Waals surface area contributed by atoms with Gasteiger partial charge in [-0.3, -0.25) is 4.79 Å². The van der Waals surface area contributed by atoms with Gasteiger partial charge in [0.25, 0.3) is 0 Å². The lowest BCUT2D eigenvalue weighted by Gasteiger charge is -2.32. The van der Waals surface area contributed by atoms with Crippen LogP contribution in [0.3, 0.4) is 0 Å². The highest BCUT2D eigenvalue weighted by Gasteiger charge is 2.34. The molecule has 0 bridgehead atoms. The van der Waals surface area contributed by atoms with Crippen LogP contribution in [0, 0.1) is 11.6 Å². The number of benzene rings is 1. The number of rotatable bonds is 5. The molecule has 26 heavy (non-hydrogen) atoms. The smallest absolute Gasteiger partial charge is 0.315 e. The van der Waals surface area contributed by atoms with Gasteiger partial charge in [0.15, 0.2) is 0 Å². The van der Waals surface area contributed by atoms with E-state index in [0.29, 0.717) is 13.0 Å². The Morgan fingerprint density at radius 3 is 2.81 bits per heavy atom. The second-order valence-electron chi connectivity index (χ2n) is 6.58. The van der Waals surface area contributed by atoms with E-state index in [4.69, 9.17) is 4.74 Å². The summed E-state index contributed by atoms with van der Waals surface area (Å²) in [6.45, 7) is 2.37. The summed E-state index contributed by atoms with van der Waals surface area (Å²) in [6, 6.07) is 0.682. The third-order valence-electron chi connectivity index (χ3n) is 4.88. The molecular formula is C18H23F2N3O3. The van der Waals surface area contributed by atoms with Crippen LogP contribution in [0.4, 0.5) is 13.6 Å². The molecule has 3 atom stereocenters. The molecule has 2 aliphatic heterocycles. The molecule has 1 aromatic carbocycles. The van der Waals surface area contributed by atoms with Crippen molar-refractivity contribution < 1.29 is 23.1 Å². The Morgan fingerprint density at radius 2 is 2.19 bits per heavy atom. The van der Waals surface area contributed by atoms with Crippen LogP contribution in [0.25, 0.3) is 0 Å². The lowest BCUT2D eigenvalue weighted by atomic mass is 9.93. The molecule has 0 aromatic heterocycles. The predicted octanol–water partition coefficient (Wildman–Crippen LogP) is 1.93. The van der Waals surface area contributed by atoms with Crippen LogP contribution < -0.4 is 16.0 Å². The fourth-order valence-electron chi connectivity index (χ4n) is 3.45. The van der Waals surface area contributed by atoms with Crippen molar-refractivity contribution in [1.29, 1.82) is 0 Å². The largest absolute Gasteiger partial charge is 0.376 e. The molecule has 0 radical (unpaired) electrons. The monoisotopic (exact) mass is 367 g/mol. The summed E-state index contributed by atoms with van der Waals surface area (Å²) in [4.78, 5) is 23.8. The maximum atomic E-state index is 14.9. The number of hydrogen-bond acceptors (Lipinski definition) is 3. The summed E-state index contributed by atoms with van der Waals surface area (Å²) in [5, 5.41) is 7.81. The molecule has 3 amide bonds. The number of halogens is 2. The Balaban J connectivity index is 1.88. The number of amides is 3. The van der Waals surface area contributed by atoms with Gasteiger partial charge in [0.1, 0.15) is 17.7 Å². The van der Waals surface area contributed by atoms with E-state index in [1.54, 1.807) is 6.92 Å². The number of carbonyl (C=O) groups excluding carboxylic acids is 2. The van der Waals surface area contributed by atoms with E-state index in [9.17, 15) is 18.4 Å². The van der Waals surface area contributed by atoms with Crippen LogP contribution in [0.15, 0.2) is 12.1 Å². The van der Waals surface area contributed by atoms with E-state index in [-0.39, 0.29) is 24.1 Å². The average Bonchev–Trinajstić information content (AvgIpc) is 3.08. The highest BCUT2D eigenvalue weighted by molar-refractivity contribution is 5.90. The van der Waals surface area contributed by atoms with Crippen LogP contribution in [0.1, 0.15) is 43.4 Å². The lowest BCUT2D eigenvalue weighted by molar-refractivity contribution is -0.125. The van der Waals surface area contributed by atoms with Crippen LogP contribution in [-0.2, 0) is 16.0 Å². The molecule has 1 aromatic rings. The Labute approximate surface area is 150 Å². The Hall–Kier alpha value is -2.22. The van der Waals surface area contributed by atoms with Gasteiger partial charge in [0.05, 0.1) is 12.1 Å². The summed E-state index contributed by atoms with van der Waals surface area (Å²) in [7, 11) is 0. The number of urea groups is 1. The van der Waals surface area contributed by atoms with Crippen molar-refractivity contribution in [1.82, 2.24) is 16.0 Å². The van der Waals surface area contributed by atoms with Crippen molar-refractivity contribution in [3.05, 3.63) is 34.9 Å². The van der Waals surface area contributed by atoms with E-state index < -0.39 is 41.8 Å². The normalized spacial score (nSPS) is 23.9. The maximum Gasteiger partial charge on any atom is 0.315 e. The maximum absolute atomic E-state index is 14.9. The van der Waals surface area contributed by atoms with Gasteiger partial charge in [0, 0.05) is 24.3 Å². The van der Waals surface area contributed by atoms with Crippen LogP contribution >= 0.6 is 0 Å². The van der Waals surface area contributed by atoms with Crippen molar-refractivity contribution >= 4 is 11.9 Å². The van der Waals surface area contributed by atoms with E-state index in [2.05, 4.69) is 16.0 Å². The highest BCUT2D eigenvalue weighted by atomic mass is 19.1. The molecule has 142 valence electrons. The molecule has 2 heterocycles. The minimum atomic E-state index is -0.744. The second-order valence-corrected chi connectivity index (χ2v) is 6.58. The highest BCUT2D eigenvalue weighted by Crippen LogP contribution is 2.30. The first-order chi connectivity index (χ1) is 12.5. The van der Waals surface area contributed by atoms with Gasteiger partial charge >= 0.3 is 6.03 Å². The summed E-state index contributed by atoms with van der Waals surface area (Å²) in [6.07, 6.45) is 2.29. The van der Waals surface area contributed by atoms with Crippen LogP contribution in [-0.4, -0.2) is 37.2 Å². The number of nitrogens with one attached hydrogen (secondary N) is 3. The number of ether oxygens (including phenoxy) is 1. The zero-order chi connectivity index (χ0) is 18.7. The Morgan fingerprint density at radius 1 is 1.38 bits per heavy atom. The third kappa shape index (κ3) is 3.80. The Kier molecular flexibility index (Phi) is 5.70. The first kappa shape index (κ1) is 18.6. The van der Waals surface area contributed by atoms with Gasteiger partial charge in [-0.1, -0.05) is 13.0 Å². The molecule has 0 saturated carbocycles. The average molecular weight is 367 g/mol. The minimum Gasteiger partial charge on any atom is -0.376 e. The molecule has 2 saturated heterocycles. The van der Waals surface area contributed by atoms with Crippen LogP contribution in [0.5, 0.6) is 0 Å². The van der Waals surface area contributed by atoms with Crippen molar-refractivity contribution in [3.8, 4) is 0 Å². The first-order valence-electron chi connectivity index (χ1n) is 8.94. The molecule has 0 spiro atoms. The zero-order valence-electron chi connectivity index (χ0n) is 14.6. The first-order valence-corrected chi connectivity index (χ1v) is 8.94. The van der Waals surface area contributed by atoms with E-state index >= 15 is 0 Å². The van der Waals surface area contributed by atoms with Gasteiger partial charge in [-0.05, 0) is 31.7 Å². The lowest BCUT2D eigenvalue weighted by Crippen LogP contribution is -2.48.